The van der Waals surface area contributed by atoms with Crippen molar-refractivity contribution in [3.05, 3.63) is 28.2 Å². The molecule has 0 amide bonds. The summed E-state index contributed by atoms with van der Waals surface area (Å²) < 4.78 is 52.5. The van der Waals surface area contributed by atoms with E-state index < -0.39 is 38.6 Å². The molecule has 1 atom stereocenters. The van der Waals surface area contributed by atoms with Crippen LogP contribution in [-0.4, -0.2) is 36.4 Å². The zero-order valence-corrected chi connectivity index (χ0v) is 13.1. The number of carboxylic acid groups (broad SMARTS) is 1. The minimum atomic E-state index is -4.35. The van der Waals surface area contributed by atoms with E-state index in [2.05, 4.69) is 15.9 Å². The number of piperidine rings is 1. The van der Waals surface area contributed by atoms with Crippen LogP contribution in [0.2, 0.25) is 0 Å². The highest BCUT2D eigenvalue weighted by Gasteiger charge is 2.39. The third-order valence-electron chi connectivity index (χ3n) is 3.30. The first-order valence-electron chi connectivity index (χ1n) is 6.14. The molecule has 1 fully saturated rings. The first kappa shape index (κ1) is 16.3. The molecule has 0 aliphatic carbocycles. The van der Waals surface area contributed by atoms with Crippen LogP contribution in [-0.2, 0) is 14.8 Å². The van der Waals surface area contributed by atoms with E-state index in [0.29, 0.717) is 18.9 Å². The van der Waals surface area contributed by atoms with Crippen molar-refractivity contribution in [3.8, 4) is 0 Å². The SMILES string of the molecule is O=C(O)C1CCCCN1S(=O)(=O)c1cc(Br)c(F)cc1F. The molecule has 1 aliphatic rings. The average molecular weight is 384 g/mol. The highest BCUT2D eigenvalue weighted by atomic mass is 79.9. The number of rotatable bonds is 3. The summed E-state index contributed by atoms with van der Waals surface area (Å²) in [7, 11) is -4.35. The lowest BCUT2D eigenvalue weighted by Gasteiger charge is -2.31. The second-order valence-electron chi connectivity index (χ2n) is 4.66. The summed E-state index contributed by atoms with van der Waals surface area (Å²) in [6.07, 6.45) is 1.24. The van der Waals surface area contributed by atoms with Crippen LogP contribution in [0.1, 0.15) is 19.3 Å². The maximum atomic E-state index is 13.8. The lowest BCUT2D eigenvalue weighted by atomic mass is 10.1. The maximum Gasteiger partial charge on any atom is 0.322 e. The summed E-state index contributed by atoms with van der Waals surface area (Å²) in [5.41, 5.74) is 0. The Morgan fingerprint density at radius 3 is 2.57 bits per heavy atom. The summed E-state index contributed by atoms with van der Waals surface area (Å²) in [6.45, 7) is -0.00621. The molecule has 5 nitrogen and oxygen atoms in total. The molecule has 116 valence electrons. The van der Waals surface area contributed by atoms with Gasteiger partial charge in [-0.05, 0) is 41.3 Å². The molecule has 9 heteroatoms. The van der Waals surface area contributed by atoms with Gasteiger partial charge in [-0.2, -0.15) is 4.31 Å². The fourth-order valence-corrected chi connectivity index (χ4v) is 4.49. The van der Waals surface area contributed by atoms with E-state index in [0.717, 1.165) is 10.4 Å². The van der Waals surface area contributed by atoms with Crippen molar-refractivity contribution < 1.29 is 27.1 Å². The number of sulfonamides is 1. The standard InChI is InChI=1S/C12H12BrF2NO4S/c13-7-5-11(9(15)6-8(7)14)21(19,20)16-4-2-1-3-10(16)12(17)18/h5-6,10H,1-4H2,(H,17,18). The van der Waals surface area contributed by atoms with Crippen LogP contribution in [0.15, 0.2) is 21.5 Å². The van der Waals surface area contributed by atoms with E-state index in [1.807, 2.05) is 0 Å². The number of hydrogen-bond donors (Lipinski definition) is 1. The van der Waals surface area contributed by atoms with Crippen molar-refractivity contribution in [2.24, 2.45) is 0 Å². The average Bonchev–Trinajstić information content (AvgIpc) is 2.42. The number of carboxylic acids is 1. The highest BCUT2D eigenvalue weighted by molar-refractivity contribution is 9.10. The van der Waals surface area contributed by atoms with Crippen molar-refractivity contribution >= 4 is 31.9 Å². The highest BCUT2D eigenvalue weighted by Crippen LogP contribution is 2.30. The van der Waals surface area contributed by atoms with Crippen LogP contribution >= 0.6 is 15.9 Å². The minimum Gasteiger partial charge on any atom is -0.480 e. The van der Waals surface area contributed by atoms with E-state index in [4.69, 9.17) is 5.11 Å². The fraction of sp³-hybridized carbons (Fsp3) is 0.417. The molecule has 1 aromatic rings. The Morgan fingerprint density at radius 1 is 1.29 bits per heavy atom. The molecule has 0 bridgehead atoms. The van der Waals surface area contributed by atoms with Gasteiger partial charge in [0.15, 0.2) is 0 Å². The molecule has 0 spiro atoms. The van der Waals surface area contributed by atoms with Crippen molar-refractivity contribution in [1.29, 1.82) is 0 Å². The van der Waals surface area contributed by atoms with Gasteiger partial charge in [0.05, 0.1) is 4.47 Å². The van der Waals surface area contributed by atoms with Crippen LogP contribution in [0.4, 0.5) is 8.78 Å². The molecule has 1 unspecified atom stereocenters. The monoisotopic (exact) mass is 383 g/mol. The zero-order chi connectivity index (χ0) is 15.8. The van der Waals surface area contributed by atoms with Crippen LogP contribution < -0.4 is 0 Å². The van der Waals surface area contributed by atoms with E-state index >= 15 is 0 Å². The predicted molar refractivity (Wildman–Crippen MR) is 73.2 cm³/mol. The van der Waals surface area contributed by atoms with E-state index in [-0.39, 0.29) is 17.4 Å². The Labute approximate surface area is 128 Å². The Bertz CT molecular complexity index is 680. The number of aliphatic carboxylic acids is 1. The van der Waals surface area contributed by atoms with Gasteiger partial charge in [-0.15, -0.1) is 0 Å². The molecule has 1 aromatic carbocycles. The third-order valence-corrected chi connectivity index (χ3v) is 5.83. The summed E-state index contributed by atoms with van der Waals surface area (Å²) in [5, 5.41) is 9.12. The van der Waals surface area contributed by atoms with E-state index in [9.17, 15) is 22.0 Å². The number of benzene rings is 1. The Kier molecular flexibility index (Phi) is 4.64. The van der Waals surface area contributed by atoms with Gasteiger partial charge >= 0.3 is 5.97 Å². The molecule has 1 saturated heterocycles. The van der Waals surface area contributed by atoms with E-state index in [1.165, 1.54) is 0 Å². The normalized spacial score (nSPS) is 20.4. The summed E-state index contributed by atoms with van der Waals surface area (Å²) >= 11 is 2.80. The van der Waals surface area contributed by atoms with Crippen LogP contribution in [0, 0.1) is 11.6 Å². The number of halogens is 3. The summed E-state index contributed by atoms with van der Waals surface area (Å²) in [5.74, 6) is -3.45. The number of carbonyl (C=O) groups is 1. The quantitative estimate of drug-likeness (QED) is 0.812. The van der Waals surface area contributed by atoms with Gasteiger partial charge in [0.2, 0.25) is 10.0 Å². The summed E-state index contributed by atoms with van der Waals surface area (Å²) in [4.78, 5) is 10.4. The Balaban J connectivity index is 2.50. The molecule has 0 aromatic heterocycles. The molecule has 0 radical (unpaired) electrons. The van der Waals surface area contributed by atoms with Gasteiger partial charge in [0.1, 0.15) is 22.6 Å². The molecule has 2 rings (SSSR count). The van der Waals surface area contributed by atoms with Gasteiger partial charge in [-0.25, -0.2) is 17.2 Å². The number of nitrogens with zero attached hydrogens (tertiary/aromatic N) is 1. The lowest BCUT2D eigenvalue weighted by molar-refractivity contribution is -0.142. The minimum absolute atomic E-state index is 0.00621. The molecule has 0 saturated carbocycles. The van der Waals surface area contributed by atoms with Crippen LogP contribution in [0.25, 0.3) is 0 Å². The molecular weight excluding hydrogens is 372 g/mol. The molecule has 21 heavy (non-hydrogen) atoms. The van der Waals surface area contributed by atoms with Gasteiger partial charge in [-0.3, -0.25) is 4.79 Å². The largest absolute Gasteiger partial charge is 0.480 e. The first-order valence-corrected chi connectivity index (χ1v) is 8.37. The molecular formula is C12H12BrF2NO4S. The molecule has 1 aliphatic heterocycles. The van der Waals surface area contributed by atoms with Gasteiger partial charge in [-0.1, -0.05) is 0 Å². The summed E-state index contributed by atoms with van der Waals surface area (Å²) in [6, 6.07) is 0.0384. The Hall–Kier alpha value is -1.06. The first-order chi connectivity index (χ1) is 9.75. The Morgan fingerprint density at radius 2 is 1.95 bits per heavy atom. The smallest absolute Gasteiger partial charge is 0.322 e. The van der Waals surface area contributed by atoms with Crippen LogP contribution in [0.5, 0.6) is 0 Å². The van der Waals surface area contributed by atoms with Crippen molar-refractivity contribution in [2.45, 2.75) is 30.2 Å². The van der Waals surface area contributed by atoms with Crippen molar-refractivity contribution in [1.82, 2.24) is 4.31 Å². The van der Waals surface area contributed by atoms with Crippen LogP contribution in [0.3, 0.4) is 0 Å². The van der Waals surface area contributed by atoms with E-state index in [1.54, 1.807) is 0 Å². The lowest BCUT2D eigenvalue weighted by Crippen LogP contribution is -2.48. The second-order valence-corrected chi connectivity index (χ2v) is 7.38. The third kappa shape index (κ3) is 3.09. The zero-order valence-electron chi connectivity index (χ0n) is 10.7. The topological polar surface area (TPSA) is 74.7 Å². The van der Waals surface area contributed by atoms with Crippen molar-refractivity contribution in [3.63, 3.8) is 0 Å². The second kappa shape index (κ2) is 5.98. The predicted octanol–water partition coefficient (Wildman–Crippen LogP) is 2.36. The number of hydrogen-bond acceptors (Lipinski definition) is 3. The molecule has 1 N–H and O–H groups in total. The van der Waals surface area contributed by atoms with Gasteiger partial charge in [0.25, 0.3) is 0 Å². The maximum absolute atomic E-state index is 13.8. The van der Waals surface area contributed by atoms with Gasteiger partial charge in [0, 0.05) is 12.6 Å². The fourth-order valence-electron chi connectivity index (χ4n) is 2.27. The molecule has 1 heterocycles. The van der Waals surface area contributed by atoms with Gasteiger partial charge < -0.3 is 5.11 Å². The van der Waals surface area contributed by atoms with Crippen molar-refractivity contribution in [2.75, 3.05) is 6.54 Å².